The van der Waals surface area contributed by atoms with Crippen LogP contribution in [0.3, 0.4) is 0 Å². The van der Waals surface area contributed by atoms with Crippen LogP contribution in [0.25, 0.3) is 0 Å². The minimum Gasteiger partial charge on any atom is -0.312 e. The molecule has 1 aliphatic heterocycles. The third kappa shape index (κ3) is 1.98. The van der Waals surface area contributed by atoms with Crippen LogP contribution in [-0.2, 0) is 19.4 Å². The Morgan fingerprint density at radius 3 is 3.00 bits per heavy atom. The summed E-state index contributed by atoms with van der Waals surface area (Å²) in [5.74, 6) is 0.761. The van der Waals surface area contributed by atoms with Crippen molar-refractivity contribution in [1.82, 2.24) is 5.32 Å². The average Bonchev–Trinajstić information content (AvgIpc) is 2.18. The van der Waals surface area contributed by atoms with Crippen molar-refractivity contribution in [2.24, 2.45) is 5.92 Å². The fourth-order valence-corrected chi connectivity index (χ4v) is 2.24. The quantitative estimate of drug-likeness (QED) is 0.754. The van der Waals surface area contributed by atoms with E-state index in [2.05, 4.69) is 37.4 Å². The predicted molar refractivity (Wildman–Crippen MR) is 60.4 cm³/mol. The van der Waals surface area contributed by atoms with Crippen molar-refractivity contribution in [3.8, 4) is 0 Å². The highest BCUT2D eigenvalue weighted by atomic mass is 14.9. The third-order valence-corrected chi connectivity index (χ3v) is 2.87. The number of hydrogen-bond acceptors (Lipinski definition) is 1. The third-order valence-electron chi connectivity index (χ3n) is 2.87. The van der Waals surface area contributed by atoms with Crippen LogP contribution >= 0.6 is 0 Å². The summed E-state index contributed by atoms with van der Waals surface area (Å²) in [4.78, 5) is 0. The Kier molecular flexibility index (Phi) is 2.87. The van der Waals surface area contributed by atoms with Crippen LogP contribution in [0.5, 0.6) is 0 Å². The van der Waals surface area contributed by atoms with Gasteiger partial charge in [-0.3, -0.25) is 0 Å². The molecule has 0 fully saturated rings. The van der Waals surface area contributed by atoms with Crippen molar-refractivity contribution in [1.29, 1.82) is 0 Å². The van der Waals surface area contributed by atoms with E-state index in [-0.39, 0.29) is 0 Å². The number of nitrogens with one attached hydrogen (secondary N) is 1. The van der Waals surface area contributed by atoms with Gasteiger partial charge in [0.2, 0.25) is 0 Å². The fraction of sp³-hybridized carbons (Fsp3) is 0.538. The molecule has 1 N–H and O–H groups in total. The zero-order valence-corrected chi connectivity index (χ0v) is 9.14. The van der Waals surface area contributed by atoms with E-state index >= 15 is 0 Å². The largest absolute Gasteiger partial charge is 0.312 e. The van der Waals surface area contributed by atoms with Gasteiger partial charge in [0, 0.05) is 6.54 Å². The van der Waals surface area contributed by atoms with Crippen LogP contribution in [0.4, 0.5) is 0 Å². The van der Waals surface area contributed by atoms with Crippen LogP contribution in [0.2, 0.25) is 0 Å². The first kappa shape index (κ1) is 9.72. The van der Waals surface area contributed by atoms with Crippen molar-refractivity contribution in [2.45, 2.75) is 33.2 Å². The van der Waals surface area contributed by atoms with Crippen molar-refractivity contribution in [3.63, 3.8) is 0 Å². The molecule has 0 aliphatic carbocycles. The first-order valence-electron chi connectivity index (χ1n) is 5.57. The molecule has 1 aromatic carbocycles. The molecule has 2 rings (SSSR count). The molecule has 0 amide bonds. The topological polar surface area (TPSA) is 12.0 Å². The summed E-state index contributed by atoms with van der Waals surface area (Å²) >= 11 is 0. The SMILES string of the molecule is CC(C)Cc1cccc2c1CCNC2. The van der Waals surface area contributed by atoms with Gasteiger partial charge in [-0.25, -0.2) is 0 Å². The lowest BCUT2D eigenvalue weighted by Crippen LogP contribution is -2.24. The van der Waals surface area contributed by atoms with Gasteiger partial charge in [0.1, 0.15) is 0 Å². The number of rotatable bonds is 2. The molecule has 1 nitrogen and oxygen atoms in total. The van der Waals surface area contributed by atoms with Gasteiger partial charge in [0.05, 0.1) is 0 Å². The van der Waals surface area contributed by atoms with Crippen LogP contribution in [0.15, 0.2) is 18.2 Å². The van der Waals surface area contributed by atoms with Crippen molar-refractivity contribution >= 4 is 0 Å². The second-order valence-electron chi connectivity index (χ2n) is 4.58. The maximum atomic E-state index is 3.42. The highest BCUT2D eigenvalue weighted by molar-refractivity contribution is 5.37. The summed E-state index contributed by atoms with van der Waals surface area (Å²) in [6.45, 7) is 6.78. The lowest BCUT2D eigenvalue weighted by atomic mass is 9.91. The number of benzene rings is 1. The summed E-state index contributed by atoms with van der Waals surface area (Å²) in [5, 5.41) is 3.42. The highest BCUT2D eigenvalue weighted by Crippen LogP contribution is 2.21. The average molecular weight is 189 g/mol. The predicted octanol–water partition coefficient (Wildman–Crippen LogP) is 2.53. The molecule has 1 aromatic rings. The Balaban J connectivity index is 2.30. The van der Waals surface area contributed by atoms with E-state index in [1.54, 1.807) is 11.1 Å². The monoisotopic (exact) mass is 189 g/mol. The second kappa shape index (κ2) is 4.14. The first-order chi connectivity index (χ1) is 6.77. The standard InChI is InChI=1S/C13H19N/c1-10(2)8-11-4-3-5-12-9-14-7-6-13(11)12/h3-5,10,14H,6-9H2,1-2H3. The maximum absolute atomic E-state index is 3.42. The van der Waals surface area contributed by atoms with E-state index in [0.29, 0.717) is 0 Å². The Labute approximate surface area is 86.5 Å². The summed E-state index contributed by atoms with van der Waals surface area (Å²) in [6.07, 6.45) is 2.43. The van der Waals surface area contributed by atoms with Gasteiger partial charge in [-0.05, 0) is 42.0 Å². The fourth-order valence-electron chi connectivity index (χ4n) is 2.24. The molecule has 0 atom stereocenters. The molecule has 0 radical (unpaired) electrons. The van der Waals surface area contributed by atoms with Crippen LogP contribution in [0.1, 0.15) is 30.5 Å². The first-order valence-corrected chi connectivity index (χ1v) is 5.57. The molecule has 0 saturated heterocycles. The number of fused-ring (bicyclic) bond motifs is 1. The normalized spacial score (nSPS) is 15.6. The highest BCUT2D eigenvalue weighted by Gasteiger charge is 2.12. The zero-order valence-electron chi connectivity index (χ0n) is 9.14. The van der Waals surface area contributed by atoms with Crippen molar-refractivity contribution < 1.29 is 0 Å². The lowest BCUT2D eigenvalue weighted by Gasteiger charge is -2.21. The second-order valence-corrected chi connectivity index (χ2v) is 4.58. The molecule has 1 heteroatoms. The summed E-state index contributed by atoms with van der Waals surface area (Å²) in [7, 11) is 0. The molecule has 0 saturated carbocycles. The van der Waals surface area contributed by atoms with Gasteiger partial charge in [0.15, 0.2) is 0 Å². The van der Waals surface area contributed by atoms with Gasteiger partial charge < -0.3 is 5.32 Å². The molecule has 1 aliphatic rings. The van der Waals surface area contributed by atoms with E-state index in [1.165, 1.54) is 18.4 Å². The molecule has 0 spiro atoms. The summed E-state index contributed by atoms with van der Waals surface area (Å²) in [5.41, 5.74) is 4.69. The Morgan fingerprint density at radius 1 is 1.36 bits per heavy atom. The maximum Gasteiger partial charge on any atom is 0.0208 e. The molecule has 76 valence electrons. The molecule has 14 heavy (non-hydrogen) atoms. The van der Waals surface area contributed by atoms with Crippen LogP contribution in [0, 0.1) is 5.92 Å². The van der Waals surface area contributed by atoms with Crippen molar-refractivity contribution in [2.75, 3.05) is 6.54 Å². The minimum atomic E-state index is 0.761. The molecular formula is C13H19N. The van der Waals surface area contributed by atoms with Gasteiger partial charge in [-0.1, -0.05) is 32.0 Å². The van der Waals surface area contributed by atoms with Crippen LogP contribution in [-0.4, -0.2) is 6.54 Å². The molecule has 1 heterocycles. The van der Waals surface area contributed by atoms with Gasteiger partial charge >= 0.3 is 0 Å². The molecule has 0 unspecified atom stereocenters. The molecule has 0 aromatic heterocycles. The Hall–Kier alpha value is -0.820. The molecular weight excluding hydrogens is 170 g/mol. The van der Waals surface area contributed by atoms with Crippen molar-refractivity contribution in [3.05, 3.63) is 34.9 Å². The van der Waals surface area contributed by atoms with Gasteiger partial charge in [-0.2, -0.15) is 0 Å². The number of hydrogen-bond donors (Lipinski definition) is 1. The summed E-state index contributed by atoms with van der Waals surface area (Å²) in [6, 6.07) is 6.75. The molecule has 0 bridgehead atoms. The van der Waals surface area contributed by atoms with E-state index in [4.69, 9.17) is 0 Å². The van der Waals surface area contributed by atoms with E-state index in [9.17, 15) is 0 Å². The van der Waals surface area contributed by atoms with E-state index in [0.717, 1.165) is 19.0 Å². The minimum absolute atomic E-state index is 0.761. The Bertz CT molecular complexity index is 315. The zero-order chi connectivity index (χ0) is 9.97. The van der Waals surface area contributed by atoms with Gasteiger partial charge in [-0.15, -0.1) is 0 Å². The van der Waals surface area contributed by atoms with E-state index in [1.807, 2.05) is 0 Å². The van der Waals surface area contributed by atoms with Crippen LogP contribution < -0.4 is 5.32 Å². The van der Waals surface area contributed by atoms with E-state index < -0.39 is 0 Å². The Morgan fingerprint density at radius 2 is 2.21 bits per heavy atom. The summed E-state index contributed by atoms with van der Waals surface area (Å²) < 4.78 is 0. The lowest BCUT2D eigenvalue weighted by molar-refractivity contribution is 0.612. The van der Waals surface area contributed by atoms with Gasteiger partial charge in [0.25, 0.3) is 0 Å². The smallest absolute Gasteiger partial charge is 0.0208 e.